The number of carbonyl (C=O) groups is 3. The Morgan fingerprint density at radius 2 is 1.93 bits per heavy atom. The molecule has 28 heavy (non-hydrogen) atoms. The molecule has 6 heteroatoms. The summed E-state index contributed by atoms with van der Waals surface area (Å²) in [7, 11) is 0. The van der Waals surface area contributed by atoms with Gasteiger partial charge in [-0.05, 0) is 53.5 Å². The summed E-state index contributed by atoms with van der Waals surface area (Å²) in [5, 5.41) is 0. The highest BCUT2D eigenvalue weighted by Crippen LogP contribution is 2.42. The lowest BCUT2D eigenvalue weighted by atomic mass is 9.79. The highest BCUT2D eigenvalue weighted by Gasteiger charge is 2.60. The number of hydrogen-bond donors (Lipinski definition) is 0. The van der Waals surface area contributed by atoms with Crippen molar-refractivity contribution < 1.29 is 28.6 Å². The molecule has 1 saturated heterocycles. The highest BCUT2D eigenvalue weighted by atomic mass is 16.6. The highest BCUT2D eigenvalue weighted by molar-refractivity contribution is 5.92. The van der Waals surface area contributed by atoms with Gasteiger partial charge in [0, 0.05) is 18.9 Å². The van der Waals surface area contributed by atoms with Gasteiger partial charge in [0.1, 0.15) is 12.2 Å². The predicted octanol–water partition coefficient (Wildman–Crippen LogP) is 3.80. The largest absolute Gasteiger partial charge is 0.462 e. The topological polar surface area (TPSA) is 78.9 Å². The van der Waals surface area contributed by atoms with Crippen LogP contribution in [-0.2, 0) is 28.6 Å². The molecule has 4 atom stereocenters. The van der Waals surface area contributed by atoms with E-state index in [0.29, 0.717) is 12.0 Å². The van der Waals surface area contributed by atoms with Crippen LogP contribution < -0.4 is 0 Å². The molecule has 1 heterocycles. The van der Waals surface area contributed by atoms with Crippen LogP contribution in [0.3, 0.4) is 0 Å². The second kappa shape index (κ2) is 8.76. The van der Waals surface area contributed by atoms with Gasteiger partial charge in [-0.3, -0.25) is 4.79 Å². The number of esters is 3. The van der Waals surface area contributed by atoms with Crippen molar-refractivity contribution in [3.8, 4) is 0 Å². The van der Waals surface area contributed by atoms with E-state index in [4.69, 9.17) is 14.2 Å². The summed E-state index contributed by atoms with van der Waals surface area (Å²) in [5.41, 5.74) is 0.958. The van der Waals surface area contributed by atoms with Crippen LogP contribution in [-0.4, -0.2) is 35.7 Å². The zero-order chi connectivity index (χ0) is 21.1. The molecule has 6 nitrogen and oxygen atoms in total. The molecule has 0 aromatic heterocycles. The van der Waals surface area contributed by atoms with Crippen LogP contribution in [0, 0.1) is 5.92 Å². The molecule has 2 aliphatic rings. The van der Waals surface area contributed by atoms with Crippen LogP contribution >= 0.6 is 0 Å². The smallest absolute Gasteiger partial charge is 0.351 e. The van der Waals surface area contributed by atoms with Crippen LogP contribution in [0.2, 0.25) is 0 Å². The summed E-state index contributed by atoms with van der Waals surface area (Å²) in [5.74, 6) is -2.31. The molecule has 0 unspecified atom stereocenters. The van der Waals surface area contributed by atoms with Gasteiger partial charge in [0.25, 0.3) is 0 Å². The van der Waals surface area contributed by atoms with Crippen LogP contribution in [0.1, 0.15) is 60.8 Å². The monoisotopic (exact) mass is 390 g/mol. The van der Waals surface area contributed by atoms with Gasteiger partial charge in [-0.2, -0.15) is 0 Å². The lowest BCUT2D eigenvalue weighted by Gasteiger charge is -2.34. The number of rotatable bonds is 3. The van der Waals surface area contributed by atoms with E-state index in [-0.39, 0.29) is 0 Å². The molecule has 1 aliphatic carbocycles. The molecule has 0 bridgehead atoms. The average Bonchev–Trinajstić information content (AvgIpc) is 2.82. The van der Waals surface area contributed by atoms with Crippen molar-refractivity contribution in [2.45, 2.75) is 78.6 Å². The third-order valence-corrected chi connectivity index (χ3v) is 5.42. The number of hydrogen-bond acceptors (Lipinski definition) is 6. The molecular weight excluding hydrogens is 360 g/mol. The third kappa shape index (κ3) is 4.72. The van der Waals surface area contributed by atoms with Gasteiger partial charge in [-0.15, -0.1) is 0 Å². The first-order chi connectivity index (χ1) is 13.1. The van der Waals surface area contributed by atoms with E-state index in [1.807, 2.05) is 19.9 Å². The maximum Gasteiger partial charge on any atom is 0.351 e. The first kappa shape index (κ1) is 21.9. The molecule has 1 fully saturated rings. The van der Waals surface area contributed by atoms with Crippen LogP contribution in [0.15, 0.2) is 34.9 Å². The molecular formula is C22H30O6. The Morgan fingerprint density at radius 3 is 2.54 bits per heavy atom. The van der Waals surface area contributed by atoms with Crippen molar-refractivity contribution in [3.63, 3.8) is 0 Å². The summed E-state index contributed by atoms with van der Waals surface area (Å²) in [4.78, 5) is 37.1. The minimum Gasteiger partial charge on any atom is -0.462 e. The fourth-order valence-electron chi connectivity index (χ4n) is 3.73. The average molecular weight is 390 g/mol. The fourth-order valence-corrected chi connectivity index (χ4v) is 3.73. The van der Waals surface area contributed by atoms with Gasteiger partial charge < -0.3 is 14.2 Å². The zero-order valence-electron chi connectivity index (χ0n) is 17.5. The maximum absolute atomic E-state index is 12.8. The standard InChI is InChI=1S/C22H30O6/c1-7-15(4)20(24)28-22(6)19-17(26-16(5)23)11-13(2)9-8-10-14(3)12-18(19)27-21(22)25/h7,9,12,17-19H,8,10-11H2,1-6H3/t17-,18-,19+,22-/m0/s1. The van der Waals surface area contributed by atoms with E-state index >= 15 is 0 Å². The van der Waals surface area contributed by atoms with Gasteiger partial charge in [0.2, 0.25) is 5.60 Å². The van der Waals surface area contributed by atoms with Crippen molar-refractivity contribution in [1.82, 2.24) is 0 Å². The number of fused-ring (bicyclic) bond motifs is 1. The van der Waals surface area contributed by atoms with E-state index in [2.05, 4.69) is 6.08 Å². The Bertz CT molecular complexity index is 744. The summed E-state index contributed by atoms with van der Waals surface area (Å²) < 4.78 is 16.9. The Labute approximate surface area is 166 Å². The van der Waals surface area contributed by atoms with E-state index < -0.39 is 41.6 Å². The molecule has 0 aromatic rings. The lowest BCUT2D eigenvalue weighted by Crippen LogP contribution is -2.50. The van der Waals surface area contributed by atoms with Crippen molar-refractivity contribution in [3.05, 3.63) is 34.9 Å². The molecule has 1 aliphatic heterocycles. The first-order valence-corrected chi connectivity index (χ1v) is 9.66. The Morgan fingerprint density at radius 1 is 1.25 bits per heavy atom. The summed E-state index contributed by atoms with van der Waals surface area (Å²) >= 11 is 0. The minimum absolute atomic E-state index is 0.393. The summed E-state index contributed by atoms with van der Waals surface area (Å²) in [6.45, 7) is 10.2. The van der Waals surface area contributed by atoms with E-state index in [1.54, 1.807) is 26.8 Å². The van der Waals surface area contributed by atoms with Crippen molar-refractivity contribution in [2.24, 2.45) is 5.92 Å². The normalized spacial score (nSPS) is 31.1. The van der Waals surface area contributed by atoms with Crippen molar-refractivity contribution in [1.29, 1.82) is 0 Å². The number of carbonyl (C=O) groups excluding carboxylic acids is 3. The van der Waals surface area contributed by atoms with Crippen molar-refractivity contribution >= 4 is 17.9 Å². The van der Waals surface area contributed by atoms with E-state index in [0.717, 1.165) is 24.0 Å². The number of ether oxygens (including phenoxy) is 3. The molecule has 0 saturated carbocycles. The van der Waals surface area contributed by atoms with Gasteiger partial charge >= 0.3 is 17.9 Å². The third-order valence-electron chi connectivity index (χ3n) is 5.42. The van der Waals surface area contributed by atoms with E-state index in [9.17, 15) is 14.4 Å². The molecule has 0 spiro atoms. The fraction of sp³-hybridized carbons (Fsp3) is 0.591. The lowest BCUT2D eigenvalue weighted by molar-refractivity contribution is -0.175. The van der Waals surface area contributed by atoms with Gasteiger partial charge in [0.05, 0.1) is 5.92 Å². The molecule has 154 valence electrons. The van der Waals surface area contributed by atoms with Crippen LogP contribution in [0.4, 0.5) is 0 Å². The SMILES string of the molecule is CC=C(C)C(=O)O[C@]1(C)C(=O)O[C@H]2C=C(C)CCC=C(C)C[C@H](OC(C)=O)[C@H]21. The van der Waals surface area contributed by atoms with Gasteiger partial charge in [-0.25, -0.2) is 9.59 Å². The maximum atomic E-state index is 12.8. The zero-order valence-corrected chi connectivity index (χ0v) is 17.5. The van der Waals surface area contributed by atoms with Crippen molar-refractivity contribution in [2.75, 3.05) is 0 Å². The Hall–Kier alpha value is -2.37. The molecule has 2 rings (SSSR count). The molecule has 0 aromatic carbocycles. The van der Waals surface area contributed by atoms with Gasteiger partial charge in [0.15, 0.2) is 0 Å². The molecule has 0 radical (unpaired) electrons. The first-order valence-electron chi connectivity index (χ1n) is 9.66. The van der Waals surface area contributed by atoms with Crippen LogP contribution in [0.25, 0.3) is 0 Å². The molecule has 0 amide bonds. The second-order valence-electron chi connectivity index (χ2n) is 7.82. The minimum atomic E-state index is -1.55. The predicted molar refractivity (Wildman–Crippen MR) is 104 cm³/mol. The Kier molecular flexibility index (Phi) is 6.86. The second-order valence-corrected chi connectivity index (χ2v) is 7.82. The summed E-state index contributed by atoms with van der Waals surface area (Å²) in [6.07, 6.45) is 6.47. The Balaban J connectivity index is 2.53. The number of allylic oxidation sites excluding steroid dienone is 3. The quantitative estimate of drug-likeness (QED) is 0.316. The molecule has 0 N–H and O–H groups in total. The van der Waals surface area contributed by atoms with Crippen LogP contribution in [0.5, 0.6) is 0 Å². The summed E-state index contributed by atoms with van der Waals surface area (Å²) in [6, 6.07) is 0. The van der Waals surface area contributed by atoms with Gasteiger partial charge in [-0.1, -0.05) is 23.3 Å². The van der Waals surface area contributed by atoms with E-state index in [1.165, 1.54) is 6.92 Å².